The molecule has 50 heavy (non-hydrogen) atoms. The number of hydrogen-bond donors (Lipinski definition) is 0. The van der Waals surface area contributed by atoms with Crippen LogP contribution in [0.5, 0.6) is 0 Å². The van der Waals surface area contributed by atoms with Gasteiger partial charge in [-0.1, -0.05) is 127 Å². The van der Waals surface area contributed by atoms with Gasteiger partial charge in [-0.2, -0.15) is 0 Å². The van der Waals surface area contributed by atoms with Crippen molar-refractivity contribution in [3.63, 3.8) is 0 Å². The van der Waals surface area contributed by atoms with Crippen molar-refractivity contribution in [3.8, 4) is 56.2 Å². The van der Waals surface area contributed by atoms with E-state index in [2.05, 4.69) is 109 Å². The Hall–Kier alpha value is -6.50. The lowest BCUT2D eigenvalue weighted by atomic mass is 9.96. The van der Waals surface area contributed by atoms with Crippen molar-refractivity contribution in [1.29, 1.82) is 0 Å². The van der Waals surface area contributed by atoms with Crippen molar-refractivity contribution in [2.24, 2.45) is 0 Å². The molecule has 0 aliphatic heterocycles. The number of nitrogens with zero attached hydrogens (tertiary/aromatic N) is 4. The number of thiophene rings is 1. The van der Waals surface area contributed by atoms with Gasteiger partial charge in [0.05, 0.1) is 17.1 Å². The Morgan fingerprint density at radius 2 is 0.880 bits per heavy atom. The molecule has 10 aromatic rings. The summed E-state index contributed by atoms with van der Waals surface area (Å²) in [7, 11) is 0. The monoisotopic (exact) mass is 658 g/mol. The van der Waals surface area contributed by atoms with Gasteiger partial charge in [0.15, 0.2) is 0 Å². The predicted octanol–water partition coefficient (Wildman–Crippen LogP) is 11.9. The number of benzene rings is 6. The van der Waals surface area contributed by atoms with E-state index in [0.29, 0.717) is 5.71 Å². The molecule has 234 valence electrons. The first kappa shape index (κ1) is 28.5. The van der Waals surface area contributed by atoms with Crippen molar-refractivity contribution < 1.29 is 4.42 Å². The Morgan fingerprint density at radius 1 is 0.380 bits per heavy atom. The maximum absolute atomic E-state index is 6.16. The fourth-order valence-corrected chi connectivity index (χ4v) is 7.75. The van der Waals surface area contributed by atoms with Gasteiger partial charge >= 0.3 is 0 Å². The summed E-state index contributed by atoms with van der Waals surface area (Å²) >= 11 is 1.68. The number of rotatable bonds is 5. The molecule has 0 saturated carbocycles. The number of furan rings is 1. The maximum Gasteiger partial charge on any atom is 0.246 e. The minimum absolute atomic E-state index is 0.531. The summed E-state index contributed by atoms with van der Waals surface area (Å²) in [5.41, 5.74) is 12.5. The molecule has 4 aromatic heterocycles. The van der Waals surface area contributed by atoms with Crippen LogP contribution in [0.2, 0.25) is 0 Å². The molecule has 0 radical (unpaired) electrons. The van der Waals surface area contributed by atoms with Gasteiger partial charge in [0.25, 0.3) is 0 Å². The number of hydrogen-bond acceptors (Lipinski definition) is 6. The Kier molecular flexibility index (Phi) is 6.60. The van der Waals surface area contributed by atoms with Crippen LogP contribution in [0, 0.1) is 0 Å². The van der Waals surface area contributed by atoms with Gasteiger partial charge in [0.1, 0.15) is 27.1 Å². The van der Waals surface area contributed by atoms with Gasteiger partial charge in [-0.05, 0) is 41.5 Å². The summed E-state index contributed by atoms with van der Waals surface area (Å²) in [5, 5.41) is 2.08. The molecule has 6 aromatic carbocycles. The van der Waals surface area contributed by atoms with Crippen molar-refractivity contribution >= 4 is 54.0 Å². The zero-order valence-electron chi connectivity index (χ0n) is 26.6. The third-order valence-corrected chi connectivity index (χ3v) is 10.2. The average Bonchev–Trinajstić information content (AvgIpc) is 3.75. The van der Waals surface area contributed by atoms with Crippen LogP contribution in [-0.2, 0) is 0 Å². The van der Waals surface area contributed by atoms with Crippen molar-refractivity contribution in [1.82, 2.24) is 19.9 Å². The highest BCUT2D eigenvalue weighted by molar-refractivity contribution is 7.25. The summed E-state index contributed by atoms with van der Waals surface area (Å²) in [4.78, 5) is 21.8. The van der Waals surface area contributed by atoms with Crippen LogP contribution in [0.4, 0.5) is 0 Å². The van der Waals surface area contributed by atoms with E-state index in [0.717, 1.165) is 88.4 Å². The molecule has 0 aliphatic carbocycles. The molecule has 0 fully saturated rings. The fourth-order valence-electron chi connectivity index (χ4n) is 6.73. The second-order valence-corrected chi connectivity index (χ2v) is 13.3. The lowest BCUT2D eigenvalue weighted by Crippen LogP contribution is -1.95. The summed E-state index contributed by atoms with van der Waals surface area (Å²) in [6, 6.07) is 54.0. The summed E-state index contributed by atoms with van der Waals surface area (Å²) in [5.74, 6) is 0. The zero-order valence-corrected chi connectivity index (χ0v) is 27.4. The minimum Gasteiger partial charge on any atom is -0.436 e. The Morgan fingerprint density at radius 3 is 1.58 bits per heavy atom. The Balaban J connectivity index is 1.13. The van der Waals surface area contributed by atoms with Crippen LogP contribution >= 0.6 is 11.3 Å². The van der Waals surface area contributed by atoms with E-state index < -0.39 is 0 Å². The van der Waals surface area contributed by atoms with Crippen LogP contribution in [-0.4, -0.2) is 19.9 Å². The topological polar surface area (TPSA) is 64.7 Å². The molecule has 0 unspecified atom stereocenters. The summed E-state index contributed by atoms with van der Waals surface area (Å²) in [6.45, 7) is 0. The molecular formula is C44H26N4OS. The van der Waals surface area contributed by atoms with Crippen LogP contribution in [0.3, 0.4) is 0 Å². The molecule has 0 N–H and O–H groups in total. The highest BCUT2D eigenvalue weighted by Crippen LogP contribution is 2.39. The van der Waals surface area contributed by atoms with E-state index >= 15 is 0 Å². The summed E-state index contributed by atoms with van der Waals surface area (Å²) < 4.78 is 7.34. The second kappa shape index (κ2) is 11.6. The summed E-state index contributed by atoms with van der Waals surface area (Å²) in [6.07, 6.45) is 0. The van der Waals surface area contributed by atoms with Crippen LogP contribution in [0.15, 0.2) is 162 Å². The van der Waals surface area contributed by atoms with E-state index in [9.17, 15) is 0 Å². The molecule has 0 amide bonds. The normalized spacial score (nSPS) is 11.6. The van der Waals surface area contributed by atoms with Crippen LogP contribution in [0.25, 0.3) is 98.8 Å². The molecule has 0 saturated heterocycles. The average molecular weight is 659 g/mol. The SMILES string of the molecule is c1ccc(-c2nc3oc4ccccc4c3nc2-c2cccc(-c3cccc(-c4nc5sc6ccccc6c5nc4-c4ccccc4)c3)c2)cc1. The zero-order chi connectivity index (χ0) is 33.0. The third-order valence-electron chi connectivity index (χ3n) is 9.13. The standard InChI is InChI=1S/C44H26N4OS/c1-3-13-27(14-4-1)37-40(48-44-42(46-37)34-22-8-10-24-36(34)50-44)32-20-12-18-30(26-32)29-17-11-19-31(25-29)39-38(28-15-5-2-6-16-28)47-43-41(45-39)33-21-7-9-23-35(33)49-43/h1-26H. The molecule has 0 bridgehead atoms. The van der Waals surface area contributed by atoms with E-state index in [4.69, 9.17) is 24.4 Å². The number of fused-ring (bicyclic) bond motifs is 6. The van der Waals surface area contributed by atoms with Crippen molar-refractivity contribution in [2.45, 2.75) is 0 Å². The van der Waals surface area contributed by atoms with E-state index in [1.54, 1.807) is 11.3 Å². The third kappa shape index (κ3) is 4.77. The number of aromatic nitrogens is 4. The van der Waals surface area contributed by atoms with Gasteiger partial charge in [-0.15, -0.1) is 11.3 Å². The molecule has 0 aliphatic rings. The molecule has 10 rings (SSSR count). The lowest BCUT2D eigenvalue weighted by Gasteiger charge is -2.12. The van der Waals surface area contributed by atoms with E-state index in [1.165, 1.54) is 4.70 Å². The molecule has 0 atom stereocenters. The molecule has 0 spiro atoms. The molecular weight excluding hydrogens is 633 g/mol. The first-order valence-corrected chi connectivity index (χ1v) is 17.3. The number of para-hydroxylation sites is 1. The predicted molar refractivity (Wildman–Crippen MR) is 205 cm³/mol. The highest BCUT2D eigenvalue weighted by Gasteiger charge is 2.20. The highest BCUT2D eigenvalue weighted by atomic mass is 32.1. The molecule has 4 heterocycles. The molecule has 6 heteroatoms. The smallest absolute Gasteiger partial charge is 0.246 e. The minimum atomic E-state index is 0.531. The second-order valence-electron chi connectivity index (χ2n) is 12.2. The Labute approximate surface area is 291 Å². The van der Waals surface area contributed by atoms with Gasteiger partial charge in [0.2, 0.25) is 5.71 Å². The van der Waals surface area contributed by atoms with Crippen molar-refractivity contribution in [2.75, 3.05) is 0 Å². The first-order valence-electron chi connectivity index (χ1n) is 16.5. The first-order chi connectivity index (χ1) is 24.8. The van der Waals surface area contributed by atoms with Gasteiger partial charge in [-0.3, -0.25) is 0 Å². The van der Waals surface area contributed by atoms with E-state index in [1.807, 2.05) is 48.5 Å². The van der Waals surface area contributed by atoms with Crippen LogP contribution in [0.1, 0.15) is 0 Å². The van der Waals surface area contributed by atoms with Crippen molar-refractivity contribution in [3.05, 3.63) is 158 Å². The maximum atomic E-state index is 6.16. The van der Waals surface area contributed by atoms with E-state index in [-0.39, 0.29) is 0 Å². The lowest BCUT2D eigenvalue weighted by molar-refractivity contribution is 0.653. The largest absolute Gasteiger partial charge is 0.436 e. The van der Waals surface area contributed by atoms with Gasteiger partial charge < -0.3 is 4.42 Å². The van der Waals surface area contributed by atoms with Crippen LogP contribution < -0.4 is 0 Å². The van der Waals surface area contributed by atoms with Gasteiger partial charge in [0, 0.05) is 37.7 Å². The molecule has 5 nitrogen and oxygen atoms in total. The van der Waals surface area contributed by atoms with Gasteiger partial charge in [-0.25, -0.2) is 19.9 Å². The Bertz CT molecular complexity index is 2880. The fraction of sp³-hybridized carbons (Fsp3) is 0. The quantitative estimate of drug-likeness (QED) is 0.184.